The molecule has 1 aliphatic carbocycles. The SMILES string of the molecule is N#Cc1cc(-c2ccc3c(c2)CC(C(=O)NO)CC3)ccc1F. The van der Waals surface area contributed by atoms with Crippen LogP contribution in [0.4, 0.5) is 4.39 Å². The first-order chi connectivity index (χ1) is 11.1. The van der Waals surface area contributed by atoms with Crippen LogP contribution in [-0.4, -0.2) is 11.1 Å². The molecule has 0 aliphatic heterocycles. The van der Waals surface area contributed by atoms with Crippen LogP contribution >= 0.6 is 0 Å². The highest BCUT2D eigenvalue weighted by atomic mass is 19.1. The van der Waals surface area contributed by atoms with Gasteiger partial charge in [-0.15, -0.1) is 0 Å². The molecule has 3 rings (SSSR count). The van der Waals surface area contributed by atoms with Gasteiger partial charge in [-0.3, -0.25) is 10.0 Å². The molecule has 0 bridgehead atoms. The third-order valence-electron chi connectivity index (χ3n) is 4.34. The highest BCUT2D eigenvalue weighted by Crippen LogP contribution is 2.30. The molecule has 0 fully saturated rings. The highest BCUT2D eigenvalue weighted by molar-refractivity contribution is 5.78. The van der Waals surface area contributed by atoms with Gasteiger partial charge in [0, 0.05) is 5.92 Å². The fourth-order valence-electron chi connectivity index (χ4n) is 3.04. The molecule has 1 aliphatic rings. The molecule has 0 aromatic heterocycles. The summed E-state index contributed by atoms with van der Waals surface area (Å²) >= 11 is 0. The third-order valence-corrected chi connectivity index (χ3v) is 4.34. The molecule has 2 N–H and O–H groups in total. The van der Waals surface area contributed by atoms with Crippen LogP contribution in [0.15, 0.2) is 36.4 Å². The second-order valence-corrected chi connectivity index (χ2v) is 5.71. The fourth-order valence-corrected chi connectivity index (χ4v) is 3.04. The Balaban J connectivity index is 1.95. The Labute approximate surface area is 133 Å². The number of hydrogen-bond donors (Lipinski definition) is 2. The molecule has 116 valence electrons. The van der Waals surface area contributed by atoms with Crippen molar-refractivity contribution in [2.24, 2.45) is 5.92 Å². The van der Waals surface area contributed by atoms with E-state index in [1.807, 2.05) is 24.3 Å². The number of fused-ring (bicyclic) bond motifs is 1. The lowest BCUT2D eigenvalue weighted by atomic mass is 9.82. The fraction of sp³-hybridized carbons (Fsp3) is 0.222. The number of benzene rings is 2. The molecule has 1 atom stereocenters. The van der Waals surface area contributed by atoms with Crippen LogP contribution in [0, 0.1) is 23.1 Å². The number of hydrogen-bond acceptors (Lipinski definition) is 3. The summed E-state index contributed by atoms with van der Waals surface area (Å²) in [5.41, 5.74) is 5.60. The monoisotopic (exact) mass is 310 g/mol. The number of aryl methyl sites for hydroxylation is 1. The molecular weight excluding hydrogens is 295 g/mol. The number of rotatable bonds is 2. The van der Waals surface area contributed by atoms with E-state index >= 15 is 0 Å². The predicted molar refractivity (Wildman–Crippen MR) is 82.0 cm³/mol. The van der Waals surface area contributed by atoms with Crippen LogP contribution in [-0.2, 0) is 17.6 Å². The average molecular weight is 310 g/mol. The molecule has 1 unspecified atom stereocenters. The number of hydroxylamine groups is 1. The molecule has 2 aromatic rings. The maximum atomic E-state index is 13.4. The molecule has 2 aromatic carbocycles. The van der Waals surface area contributed by atoms with E-state index in [1.54, 1.807) is 11.5 Å². The first-order valence-electron chi connectivity index (χ1n) is 7.38. The lowest BCUT2D eigenvalue weighted by Crippen LogP contribution is -2.31. The standard InChI is InChI=1S/C18H15FN2O2/c19-17-6-5-13(8-16(17)10-20)12-3-1-11-2-4-14(18(22)21-23)9-15(11)7-12/h1,3,5-8,14,23H,2,4,9H2,(H,21,22). The van der Waals surface area contributed by atoms with E-state index in [4.69, 9.17) is 10.5 Å². The summed E-state index contributed by atoms with van der Waals surface area (Å²) in [6.45, 7) is 0. The van der Waals surface area contributed by atoms with E-state index in [0.717, 1.165) is 23.1 Å². The number of nitrogens with zero attached hydrogens (tertiary/aromatic N) is 1. The van der Waals surface area contributed by atoms with Crippen molar-refractivity contribution in [1.29, 1.82) is 5.26 Å². The quantitative estimate of drug-likeness (QED) is 0.661. The average Bonchev–Trinajstić information content (AvgIpc) is 2.60. The number of nitriles is 1. The maximum absolute atomic E-state index is 13.4. The largest absolute Gasteiger partial charge is 0.289 e. The molecule has 0 radical (unpaired) electrons. The molecule has 4 nitrogen and oxygen atoms in total. The lowest BCUT2D eigenvalue weighted by Gasteiger charge is -2.23. The summed E-state index contributed by atoms with van der Waals surface area (Å²) < 4.78 is 13.4. The van der Waals surface area contributed by atoms with Crippen molar-refractivity contribution in [3.8, 4) is 17.2 Å². The molecule has 0 heterocycles. The summed E-state index contributed by atoms with van der Waals surface area (Å²) in [5.74, 6) is -1.14. The first-order valence-corrected chi connectivity index (χ1v) is 7.38. The van der Waals surface area contributed by atoms with E-state index in [2.05, 4.69) is 0 Å². The summed E-state index contributed by atoms with van der Waals surface area (Å²) in [7, 11) is 0. The van der Waals surface area contributed by atoms with Gasteiger partial charge in [-0.05, 0) is 53.6 Å². The van der Waals surface area contributed by atoms with Crippen LogP contribution in [0.3, 0.4) is 0 Å². The van der Waals surface area contributed by atoms with Crippen LogP contribution in [0.5, 0.6) is 0 Å². The van der Waals surface area contributed by atoms with Crippen molar-refractivity contribution >= 4 is 5.91 Å². The van der Waals surface area contributed by atoms with Crippen molar-refractivity contribution in [1.82, 2.24) is 5.48 Å². The zero-order valence-electron chi connectivity index (χ0n) is 12.3. The molecule has 0 saturated carbocycles. The Bertz CT molecular complexity index is 811. The van der Waals surface area contributed by atoms with Crippen molar-refractivity contribution in [2.45, 2.75) is 19.3 Å². The zero-order chi connectivity index (χ0) is 16.4. The van der Waals surface area contributed by atoms with Gasteiger partial charge in [-0.2, -0.15) is 5.26 Å². The number of amides is 1. The normalized spacial score (nSPS) is 16.3. The van der Waals surface area contributed by atoms with Gasteiger partial charge < -0.3 is 0 Å². The van der Waals surface area contributed by atoms with Gasteiger partial charge >= 0.3 is 0 Å². The molecule has 0 spiro atoms. The first kappa shape index (κ1) is 15.2. The van der Waals surface area contributed by atoms with E-state index in [1.165, 1.54) is 17.7 Å². The molecule has 23 heavy (non-hydrogen) atoms. The lowest BCUT2D eigenvalue weighted by molar-refractivity contribution is -0.133. The van der Waals surface area contributed by atoms with E-state index in [0.29, 0.717) is 12.8 Å². The topological polar surface area (TPSA) is 73.1 Å². The third kappa shape index (κ3) is 2.94. The maximum Gasteiger partial charge on any atom is 0.246 e. The van der Waals surface area contributed by atoms with Crippen LogP contribution in [0.2, 0.25) is 0 Å². The van der Waals surface area contributed by atoms with E-state index in [-0.39, 0.29) is 17.4 Å². The van der Waals surface area contributed by atoms with Gasteiger partial charge in [-0.1, -0.05) is 24.3 Å². The summed E-state index contributed by atoms with van der Waals surface area (Å²) in [6.07, 6.45) is 2.04. The molecule has 0 saturated heterocycles. The van der Waals surface area contributed by atoms with E-state index in [9.17, 15) is 9.18 Å². The van der Waals surface area contributed by atoms with Crippen molar-refractivity contribution < 1.29 is 14.4 Å². The number of carbonyl (C=O) groups is 1. The van der Waals surface area contributed by atoms with Crippen molar-refractivity contribution in [2.75, 3.05) is 0 Å². The summed E-state index contributed by atoms with van der Waals surface area (Å²) in [6, 6.07) is 12.2. The molecule has 5 heteroatoms. The molecule has 1 amide bonds. The smallest absolute Gasteiger partial charge is 0.246 e. The zero-order valence-corrected chi connectivity index (χ0v) is 12.3. The van der Waals surface area contributed by atoms with Gasteiger partial charge in [0.25, 0.3) is 0 Å². The van der Waals surface area contributed by atoms with Crippen molar-refractivity contribution in [3.63, 3.8) is 0 Å². The minimum absolute atomic E-state index is 0.0118. The van der Waals surface area contributed by atoms with Gasteiger partial charge in [0.05, 0.1) is 5.56 Å². The number of nitrogens with one attached hydrogen (secondary N) is 1. The van der Waals surface area contributed by atoms with Gasteiger partial charge in [-0.25, -0.2) is 9.87 Å². The second-order valence-electron chi connectivity index (χ2n) is 5.71. The van der Waals surface area contributed by atoms with Crippen molar-refractivity contribution in [3.05, 3.63) is 58.9 Å². The van der Waals surface area contributed by atoms with Crippen LogP contribution in [0.1, 0.15) is 23.1 Å². The highest BCUT2D eigenvalue weighted by Gasteiger charge is 2.24. The summed E-state index contributed by atoms with van der Waals surface area (Å²) in [4.78, 5) is 11.6. The Hall–Kier alpha value is -2.71. The van der Waals surface area contributed by atoms with Gasteiger partial charge in [0.2, 0.25) is 5.91 Å². The van der Waals surface area contributed by atoms with Gasteiger partial charge in [0.15, 0.2) is 0 Å². The second kappa shape index (κ2) is 6.19. The number of halogens is 1. The van der Waals surface area contributed by atoms with Gasteiger partial charge in [0.1, 0.15) is 11.9 Å². The predicted octanol–water partition coefficient (Wildman–Crippen LogP) is 2.97. The molecular formula is C18H15FN2O2. The van der Waals surface area contributed by atoms with E-state index < -0.39 is 5.82 Å². The Morgan fingerprint density at radius 3 is 2.70 bits per heavy atom. The number of carbonyl (C=O) groups excluding carboxylic acids is 1. The van der Waals surface area contributed by atoms with Crippen LogP contribution in [0.25, 0.3) is 11.1 Å². The Morgan fingerprint density at radius 1 is 1.22 bits per heavy atom. The van der Waals surface area contributed by atoms with Crippen LogP contribution < -0.4 is 5.48 Å². The minimum Gasteiger partial charge on any atom is -0.289 e. The minimum atomic E-state index is -0.533. The summed E-state index contributed by atoms with van der Waals surface area (Å²) in [5, 5.41) is 17.7. The Kier molecular flexibility index (Phi) is 4.09. The Morgan fingerprint density at radius 2 is 1.96 bits per heavy atom.